The van der Waals surface area contributed by atoms with Crippen molar-refractivity contribution >= 4 is 5.91 Å². The SMILES string of the molecule is O=C(CN1CCO[C@@H]2CCC[C@@H]21)N1CCC[C@@H](C(F)(F)F)C1. The summed E-state index contributed by atoms with van der Waals surface area (Å²) < 4.78 is 44.2. The Labute approximate surface area is 128 Å². The fourth-order valence-corrected chi connectivity index (χ4v) is 3.95. The molecule has 22 heavy (non-hydrogen) atoms. The average molecular weight is 320 g/mol. The first kappa shape index (κ1) is 16.1. The van der Waals surface area contributed by atoms with Crippen LogP contribution in [0, 0.1) is 5.92 Å². The van der Waals surface area contributed by atoms with Gasteiger partial charge in [0.2, 0.25) is 5.91 Å². The molecule has 0 unspecified atom stereocenters. The highest BCUT2D eigenvalue weighted by Gasteiger charge is 2.43. The molecule has 3 rings (SSSR count). The Hall–Kier alpha value is -0.820. The van der Waals surface area contributed by atoms with Crippen LogP contribution in [0.15, 0.2) is 0 Å². The van der Waals surface area contributed by atoms with Gasteiger partial charge in [-0.05, 0) is 32.1 Å². The maximum absolute atomic E-state index is 12.8. The zero-order valence-electron chi connectivity index (χ0n) is 12.6. The van der Waals surface area contributed by atoms with Crippen molar-refractivity contribution in [2.24, 2.45) is 5.92 Å². The number of halogens is 3. The summed E-state index contributed by atoms with van der Waals surface area (Å²) in [5, 5.41) is 0. The summed E-state index contributed by atoms with van der Waals surface area (Å²) in [6, 6.07) is 0.265. The average Bonchev–Trinajstić information content (AvgIpc) is 2.96. The van der Waals surface area contributed by atoms with Gasteiger partial charge in [-0.3, -0.25) is 9.69 Å². The van der Waals surface area contributed by atoms with Gasteiger partial charge in [0.15, 0.2) is 0 Å². The number of nitrogens with zero attached hydrogens (tertiary/aromatic N) is 2. The van der Waals surface area contributed by atoms with Crippen molar-refractivity contribution in [3.05, 3.63) is 0 Å². The van der Waals surface area contributed by atoms with Crippen LogP contribution in [0.25, 0.3) is 0 Å². The van der Waals surface area contributed by atoms with Crippen molar-refractivity contribution in [3.63, 3.8) is 0 Å². The number of carbonyl (C=O) groups excluding carboxylic acids is 1. The number of rotatable bonds is 2. The van der Waals surface area contributed by atoms with E-state index in [2.05, 4.69) is 4.90 Å². The summed E-state index contributed by atoms with van der Waals surface area (Å²) in [5.41, 5.74) is 0. The van der Waals surface area contributed by atoms with E-state index in [4.69, 9.17) is 4.74 Å². The molecule has 1 saturated carbocycles. The molecule has 2 aliphatic heterocycles. The van der Waals surface area contributed by atoms with Crippen LogP contribution in [0.4, 0.5) is 13.2 Å². The lowest BCUT2D eigenvalue weighted by Gasteiger charge is -2.39. The Morgan fingerprint density at radius 3 is 2.73 bits per heavy atom. The molecule has 0 N–H and O–H groups in total. The van der Waals surface area contributed by atoms with Gasteiger partial charge in [0.1, 0.15) is 0 Å². The van der Waals surface area contributed by atoms with E-state index >= 15 is 0 Å². The van der Waals surface area contributed by atoms with Crippen LogP contribution in [0.2, 0.25) is 0 Å². The Balaban J connectivity index is 1.57. The number of hydrogen-bond acceptors (Lipinski definition) is 3. The summed E-state index contributed by atoms with van der Waals surface area (Å²) in [6.45, 7) is 1.81. The van der Waals surface area contributed by atoms with E-state index in [1.54, 1.807) is 0 Å². The third-order valence-corrected chi connectivity index (χ3v) is 5.17. The van der Waals surface area contributed by atoms with Gasteiger partial charge in [-0.25, -0.2) is 0 Å². The number of alkyl halides is 3. The quantitative estimate of drug-likeness (QED) is 0.781. The Morgan fingerprint density at radius 2 is 1.95 bits per heavy atom. The van der Waals surface area contributed by atoms with Crippen LogP contribution in [0.3, 0.4) is 0 Å². The Morgan fingerprint density at radius 1 is 1.14 bits per heavy atom. The maximum atomic E-state index is 12.8. The molecule has 0 aromatic rings. The van der Waals surface area contributed by atoms with Gasteiger partial charge in [-0.2, -0.15) is 13.2 Å². The van der Waals surface area contributed by atoms with E-state index in [9.17, 15) is 18.0 Å². The second-order valence-corrected chi connectivity index (χ2v) is 6.60. The molecular weight excluding hydrogens is 297 g/mol. The number of morpholine rings is 1. The molecule has 3 atom stereocenters. The molecular formula is C15H23F3N2O2. The van der Waals surface area contributed by atoms with Crippen LogP contribution in [0.5, 0.6) is 0 Å². The van der Waals surface area contributed by atoms with Crippen LogP contribution < -0.4 is 0 Å². The molecule has 1 amide bonds. The van der Waals surface area contributed by atoms with Gasteiger partial charge in [0.05, 0.1) is 25.2 Å². The summed E-state index contributed by atoms with van der Waals surface area (Å²) in [4.78, 5) is 15.9. The minimum Gasteiger partial charge on any atom is -0.375 e. The van der Waals surface area contributed by atoms with Gasteiger partial charge >= 0.3 is 6.18 Å². The summed E-state index contributed by atoms with van der Waals surface area (Å²) in [5.74, 6) is -1.53. The summed E-state index contributed by atoms with van der Waals surface area (Å²) >= 11 is 0. The van der Waals surface area contributed by atoms with Crippen LogP contribution in [-0.2, 0) is 9.53 Å². The van der Waals surface area contributed by atoms with E-state index in [0.29, 0.717) is 26.1 Å². The summed E-state index contributed by atoms with van der Waals surface area (Å²) in [6.07, 6.45) is -0.293. The molecule has 0 radical (unpaired) electrons. The predicted octanol–water partition coefficient (Wildman–Crippen LogP) is 2.04. The molecule has 0 aromatic heterocycles. The minimum absolute atomic E-state index is 0.134. The van der Waals surface area contributed by atoms with Gasteiger partial charge in [-0.1, -0.05) is 0 Å². The molecule has 0 aromatic carbocycles. The molecule has 0 spiro atoms. The zero-order chi connectivity index (χ0) is 15.7. The fourth-order valence-electron chi connectivity index (χ4n) is 3.95. The van der Waals surface area contributed by atoms with Crippen LogP contribution in [-0.4, -0.2) is 66.8 Å². The number of fused-ring (bicyclic) bond motifs is 1. The smallest absolute Gasteiger partial charge is 0.375 e. The minimum atomic E-state index is -4.20. The highest BCUT2D eigenvalue weighted by molar-refractivity contribution is 5.78. The first-order valence-corrected chi connectivity index (χ1v) is 8.15. The Kier molecular flexibility index (Phi) is 4.64. The third kappa shape index (κ3) is 3.40. The lowest BCUT2D eigenvalue weighted by Crippen LogP contribution is -2.54. The molecule has 126 valence electrons. The van der Waals surface area contributed by atoms with Crippen molar-refractivity contribution in [2.45, 2.75) is 50.4 Å². The van der Waals surface area contributed by atoms with Gasteiger partial charge < -0.3 is 9.64 Å². The van der Waals surface area contributed by atoms with Crippen LogP contribution >= 0.6 is 0 Å². The first-order chi connectivity index (χ1) is 10.4. The lowest BCUT2D eigenvalue weighted by atomic mass is 9.97. The van der Waals surface area contributed by atoms with E-state index in [1.807, 2.05) is 0 Å². The molecule has 7 heteroatoms. The van der Waals surface area contributed by atoms with Gasteiger partial charge in [-0.15, -0.1) is 0 Å². The largest absolute Gasteiger partial charge is 0.393 e. The molecule has 0 bridgehead atoms. The summed E-state index contributed by atoms with van der Waals surface area (Å²) in [7, 11) is 0. The second-order valence-electron chi connectivity index (χ2n) is 6.60. The van der Waals surface area contributed by atoms with Gasteiger partial charge in [0, 0.05) is 25.7 Å². The first-order valence-electron chi connectivity index (χ1n) is 8.15. The standard InChI is InChI=1S/C15H23F3N2O2/c16-15(17,18)11-3-2-6-20(9-11)14(21)10-19-7-8-22-13-5-1-4-12(13)19/h11-13H,1-10H2/t11-,12+,13-/m1/s1. The predicted molar refractivity (Wildman–Crippen MR) is 74.3 cm³/mol. The van der Waals surface area contributed by atoms with E-state index < -0.39 is 12.1 Å². The Bertz CT molecular complexity index is 416. The van der Waals surface area contributed by atoms with E-state index in [-0.39, 0.29) is 37.6 Å². The number of amides is 1. The monoisotopic (exact) mass is 320 g/mol. The number of likely N-dealkylation sites (tertiary alicyclic amines) is 1. The van der Waals surface area contributed by atoms with Crippen molar-refractivity contribution in [1.29, 1.82) is 0 Å². The molecule has 2 saturated heterocycles. The van der Waals surface area contributed by atoms with E-state index in [0.717, 1.165) is 19.3 Å². The number of piperidine rings is 1. The normalized spacial score (nSPS) is 33.8. The molecule has 4 nitrogen and oxygen atoms in total. The highest BCUT2D eigenvalue weighted by Crippen LogP contribution is 2.33. The second kappa shape index (κ2) is 6.35. The lowest BCUT2D eigenvalue weighted by molar-refractivity contribution is -0.188. The third-order valence-electron chi connectivity index (χ3n) is 5.17. The van der Waals surface area contributed by atoms with Crippen LogP contribution in [0.1, 0.15) is 32.1 Å². The molecule has 2 heterocycles. The van der Waals surface area contributed by atoms with E-state index in [1.165, 1.54) is 4.90 Å². The zero-order valence-corrected chi connectivity index (χ0v) is 12.6. The number of carbonyl (C=O) groups is 1. The van der Waals surface area contributed by atoms with Crippen molar-refractivity contribution in [1.82, 2.24) is 9.80 Å². The van der Waals surface area contributed by atoms with Crippen molar-refractivity contribution in [3.8, 4) is 0 Å². The maximum Gasteiger partial charge on any atom is 0.393 e. The van der Waals surface area contributed by atoms with Gasteiger partial charge in [0.25, 0.3) is 0 Å². The number of hydrogen-bond donors (Lipinski definition) is 0. The highest BCUT2D eigenvalue weighted by atomic mass is 19.4. The van der Waals surface area contributed by atoms with Crippen molar-refractivity contribution < 1.29 is 22.7 Å². The molecule has 3 fully saturated rings. The topological polar surface area (TPSA) is 32.8 Å². The molecule has 1 aliphatic carbocycles. The fraction of sp³-hybridized carbons (Fsp3) is 0.933. The molecule has 3 aliphatic rings. The van der Waals surface area contributed by atoms with Crippen molar-refractivity contribution in [2.75, 3.05) is 32.8 Å². The number of ether oxygens (including phenoxy) is 1.